The highest BCUT2D eigenvalue weighted by molar-refractivity contribution is 5.37. The van der Waals surface area contributed by atoms with E-state index in [0.717, 1.165) is 5.56 Å². The lowest BCUT2D eigenvalue weighted by atomic mass is 10.0. The van der Waals surface area contributed by atoms with Gasteiger partial charge in [0.2, 0.25) is 0 Å². The third-order valence-corrected chi connectivity index (χ3v) is 3.04. The van der Waals surface area contributed by atoms with Crippen molar-refractivity contribution in [2.45, 2.75) is 32.5 Å². The van der Waals surface area contributed by atoms with Crippen LogP contribution >= 0.6 is 0 Å². The summed E-state index contributed by atoms with van der Waals surface area (Å²) < 4.78 is 36.4. The van der Waals surface area contributed by atoms with Crippen molar-refractivity contribution in [3.05, 3.63) is 29.3 Å². The molecule has 2 nitrogen and oxygen atoms in total. The van der Waals surface area contributed by atoms with Crippen molar-refractivity contribution < 1.29 is 18.3 Å². The topological polar surface area (TPSA) is 23.5 Å². The Morgan fingerprint density at radius 3 is 2.50 bits per heavy atom. The molecule has 1 atom stereocenters. The Morgan fingerprint density at radius 1 is 1.33 bits per heavy atom. The second-order valence-corrected chi connectivity index (χ2v) is 4.58. The molecular weight excluding hydrogens is 243 g/mol. The predicted molar refractivity (Wildman–Crippen MR) is 64.6 cm³/mol. The minimum atomic E-state index is -4.15. The summed E-state index contributed by atoms with van der Waals surface area (Å²) in [5, 5.41) is 9.73. The van der Waals surface area contributed by atoms with Crippen LogP contribution in [0.15, 0.2) is 18.2 Å². The van der Waals surface area contributed by atoms with Gasteiger partial charge in [0.1, 0.15) is 5.75 Å². The van der Waals surface area contributed by atoms with Gasteiger partial charge in [-0.15, -0.1) is 0 Å². The zero-order valence-electron chi connectivity index (χ0n) is 10.8. The first-order valence-electron chi connectivity index (χ1n) is 5.77. The molecule has 1 rings (SSSR count). The standard InChI is InChI=1S/C13H18F3NO/c1-9-4-5-12(18)11(8-9)10(2)17(3)7-6-13(14,15)16/h4-5,8,10,18H,6-7H2,1-3H3. The van der Waals surface area contributed by atoms with Crippen LogP contribution in [0.3, 0.4) is 0 Å². The number of benzene rings is 1. The minimum absolute atomic E-state index is 0.0853. The number of aromatic hydroxyl groups is 1. The average molecular weight is 261 g/mol. The molecule has 102 valence electrons. The van der Waals surface area contributed by atoms with Gasteiger partial charge in [0.15, 0.2) is 0 Å². The van der Waals surface area contributed by atoms with Gasteiger partial charge in [0.25, 0.3) is 0 Å². The molecule has 0 saturated carbocycles. The van der Waals surface area contributed by atoms with Gasteiger partial charge in [-0.2, -0.15) is 13.2 Å². The summed E-state index contributed by atoms with van der Waals surface area (Å²) in [4.78, 5) is 1.59. The van der Waals surface area contributed by atoms with Crippen molar-refractivity contribution in [3.8, 4) is 5.75 Å². The van der Waals surface area contributed by atoms with Crippen molar-refractivity contribution in [3.63, 3.8) is 0 Å². The summed E-state index contributed by atoms with van der Waals surface area (Å²) in [6.45, 7) is 3.58. The lowest BCUT2D eigenvalue weighted by molar-refractivity contribution is -0.138. The van der Waals surface area contributed by atoms with Gasteiger partial charge < -0.3 is 5.11 Å². The smallest absolute Gasteiger partial charge is 0.390 e. The maximum absolute atomic E-state index is 12.1. The van der Waals surface area contributed by atoms with E-state index in [0.29, 0.717) is 5.56 Å². The van der Waals surface area contributed by atoms with E-state index in [1.807, 2.05) is 6.92 Å². The predicted octanol–water partition coefficient (Wildman–Crippen LogP) is 3.65. The number of nitrogens with zero attached hydrogens (tertiary/aromatic N) is 1. The fourth-order valence-electron chi connectivity index (χ4n) is 1.74. The van der Waals surface area contributed by atoms with Gasteiger partial charge in [-0.1, -0.05) is 17.7 Å². The molecule has 1 aromatic carbocycles. The Hall–Kier alpha value is -1.23. The molecule has 1 aromatic rings. The lowest BCUT2D eigenvalue weighted by Crippen LogP contribution is -2.27. The maximum atomic E-state index is 12.1. The number of aryl methyl sites for hydroxylation is 1. The third-order valence-electron chi connectivity index (χ3n) is 3.04. The van der Waals surface area contributed by atoms with Crippen LogP contribution in [-0.4, -0.2) is 29.8 Å². The second-order valence-electron chi connectivity index (χ2n) is 4.58. The molecule has 5 heteroatoms. The SMILES string of the molecule is Cc1ccc(O)c(C(C)N(C)CCC(F)(F)F)c1. The van der Waals surface area contributed by atoms with Gasteiger partial charge >= 0.3 is 6.18 Å². The van der Waals surface area contributed by atoms with Crippen LogP contribution in [0, 0.1) is 6.92 Å². The summed E-state index contributed by atoms with van der Waals surface area (Å²) in [6, 6.07) is 4.87. The van der Waals surface area contributed by atoms with Crippen LogP contribution in [-0.2, 0) is 0 Å². The fraction of sp³-hybridized carbons (Fsp3) is 0.538. The van der Waals surface area contributed by atoms with E-state index in [1.165, 1.54) is 0 Å². The first-order chi connectivity index (χ1) is 8.20. The highest BCUT2D eigenvalue weighted by atomic mass is 19.4. The summed E-state index contributed by atoms with van der Waals surface area (Å²) in [7, 11) is 1.62. The molecule has 0 aliphatic heterocycles. The highest BCUT2D eigenvalue weighted by Gasteiger charge is 2.28. The van der Waals surface area contributed by atoms with Crippen molar-refractivity contribution in [2.24, 2.45) is 0 Å². The molecule has 0 aliphatic carbocycles. The van der Waals surface area contributed by atoms with Crippen LogP contribution in [0.2, 0.25) is 0 Å². The Labute approximate surface area is 105 Å². The summed E-state index contributed by atoms with van der Waals surface area (Å²) in [6.07, 6.45) is -5.00. The zero-order valence-corrected chi connectivity index (χ0v) is 10.8. The first-order valence-corrected chi connectivity index (χ1v) is 5.77. The average Bonchev–Trinajstić information content (AvgIpc) is 2.27. The minimum Gasteiger partial charge on any atom is -0.508 e. The number of halogens is 3. The fourth-order valence-corrected chi connectivity index (χ4v) is 1.74. The molecular formula is C13H18F3NO. The van der Waals surface area contributed by atoms with Gasteiger partial charge in [0, 0.05) is 18.2 Å². The Morgan fingerprint density at radius 2 is 1.94 bits per heavy atom. The van der Waals surface area contributed by atoms with E-state index < -0.39 is 12.6 Å². The number of hydrogen-bond acceptors (Lipinski definition) is 2. The van der Waals surface area contributed by atoms with Crippen LogP contribution < -0.4 is 0 Å². The molecule has 0 spiro atoms. The highest BCUT2D eigenvalue weighted by Crippen LogP contribution is 2.29. The van der Waals surface area contributed by atoms with Crippen molar-refractivity contribution in [2.75, 3.05) is 13.6 Å². The number of phenols is 1. The van der Waals surface area contributed by atoms with E-state index in [9.17, 15) is 18.3 Å². The summed E-state index contributed by atoms with van der Waals surface area (Å²) in [5.41, 5.74) is 1.62. The Kier molecular flexibility index (Phi) is 4.62. The molecule has 1 unspecified atom stereocenters. The van der Waals surface area contributed by atoms with E-state index in [2.05, 4.69) is 0 Å². The first kappa shape index (κ1) is 14.8. The largest absolute Gasteiger partial charge is 0.508 e. The van der Waals surface area contributed by atoms with Gasteiger partial charge in [0.05, 0.1) is 6.42 Å². The zero-order chi connectivity index (χ0) is 13.9. The number of hydrogen-bond donors (Lipinski definition) is 1. The molecule has 18 heavy (non-hydrogen) atoms. The quantitative estimate of drug-likeness (QED) is 0.894. The van der Waals surface area contributed by atoms with E-state index in [-0.39, 0.29) is 18.3 Å². The third kappa shape index (κ3) is 4.22. The molecule has 0 bridgehead atoms. The molecule has 1 N–H and O–H groups in total. The Bertz CT molecular complexity index is 404. The molecule has 0 heterocycles. The maximum Gasteiger partial charge on any atom is 0.390 e. The molecule has 0 aromatic heterocycles. The van der Waals surface area contributed by atoms with E-state index in [1.54, 1.807) is 37.1 Å². The van der Waals surface area contributed by atoms with Crippen LogP contribution in [0.1, 0.15) is 30.5 Å². The van der Waals surface area contributed by atoms with Gasteiger partial charge in [-0.25, -0.2) is 0 Å². The summed E-state index contributed by atoms with van der Waals surface area (Å²) >= 11 is 0. The van der Waals surface area contributed by atoms with Crippen molar-refractivity contribution in [1.82, 2.24) is 4.90 Å². The van der Waals surface area contributed by atoms with E-state index >= 15 is 0 Å². The van der Waals surface area contributed by atoms with E-state index in [4.69, 9.17) is 0 Å². The van der Waals surface area contributed by atoms with Crippen LogP contribution in [0.5, 0.6) is 5.75 Å². The van der Waals surface area contributed by atoms with Crippen LogP contribution in [0.25, 0.3) is 0 Å². The van der Waals surface area contributed by atoms with Crippen LogP contribution in [0.4, 0.5) is 13.2 Å². The number of rotatable bonds is 4. The molecule has 0 fully saturated rings. The van der Waals surface area contributed by atoms with Gasteiger partial charge in [-0.3, -0.25) is 4.90 Å². The van der Waals surface area contributed by atoms with Gasteiger partial charge in [-0.05, 0) is 27.0 Å². The summed E-state index contributed by atoms with van der Waals surface area (Å²) in [5.74, 6) is 0.118. The molecule has 0 aliphatic rings. The molecule has 0 radical (unpaired) electrons. The Balaban J connectivity index is 2.74. The molecule has 0 amide bonds. The monoisotopic (exact) mass is 261 g/mol. The number of phenolic OH excluding ortho intramolecular Hbond substituents is 1. The second kappa shape index (κ2) is 5.61. The normalized spacial score (nSPS) is 13.9. The number of alkyl halides is 3. The lowest BCUT2D eigenvalue weighted by Gasteiger charge is -2.26. The van der Waals surface area contributed by atoms with Crippen molar-refractivity contribution in [1.29, 1.82) is 0 Å². The van der Waals surface area contributed by atoms with Crippen molar-refractivity contribution >= 4 is 0 Å². The molecule has 0 saturated heterocycles.